The number of likely N-dealkylation sites (tertiary alicyclic amines) is 1. The molecule has 196 valence electrons. The van der Waals surface area contributed by atoms with E-state index in [0.717, 1.165) is 49.8 Å². The van der Waals surface area contributed by atoms with Crippen LogP contribution < -0.4 is 10.1 Å². The highest BCUT2D eigenvalue weighted by atomic mass is 16.5. The summed E-state index contributed by atoms with van der Waals surface area (Å²) < 4.78 is 7.71. The molecule has 3 aromatic rings. The molecule has 1 aliphatic heterocycles. The highest BCUT2D eigenvalue weighted by Crippen LogP contribution is 2.24. The number of hydrogen-bond acceptors (Lipinski definition) is 4. The topological polar surface area (TPSA) is 42.3 Å². The van der Waals surface area contributed by atoms with E-state index in [9.17, 15) is 0 Å². The van der Waals surface area contributed by atoms with Gasteiger partial charge in [0, 0.05) is 32.2 Å². The molecular formula is C31H46N4O. The number of anilines is 1. The molecule has 5 heteroatoms. The van der Waals surface area contributed by atoms with E-state index in [1.165, 1.54) is 75.3 Å². The number of nitrogens with zero attached hydrogens (tertiary/aromatic N) is 3. The molecule has 1 fully saturated rings. The number of imidazole rings is 1. The Morgan fingerprint density at radius 2 is 1.56 bits per heavy atom. The lowest BCUT2D eigenvalue weighted by molar-refractivity contribution is 0.221. The van der Waals surface area contributed by atoms with Crippen LogP contribution in [0.1, 0.15) is 76.7 Å². The van der Waals surface area contributed by atoms with Crippen LogP contribution >= 0.6 is 0 Å². The van der Waals surface area contributed by atoms with Crippen molar-refractivity contribution in [3.05, 3.63) is 54.1 Å². The van der Waals surface area contributed by atoms with Crippen LogP contribution in [0, 0.1) is 0 Å². The van der Waals surface area contributed by atoms with Gasteiger partial charge in [-0.05, 0) is 55.5 Å². The Bertz CT molecular complexity index is 1020. The number of ether oxygens (including phenoxy) is 1. The number of rotatable bonds is 15. The normalized spacial score (nSPS) is 14.9. The number of fused-ring (bicyclic) bond motifs is 1. The minimum Gasteiger partial charge on any atom is -0.497 e. The smallest absolute Gasteiger partial charge is 0.204 e. The van der Waals surface area contributed by atoms with Crippen LogP contribution in [-0.2, 0) is 13.0 Å². The largest absolute Gasteiger partial charge is 0.497 e. The fourth-order valence-electron chi connectivity index (χ4n) is 5.38. The molecule has 0 atom stereocenters. The first-order valence-corrected chi connectivity index (χ1v) is 14.3. The second-order valence-electron chi connectivity index (χ2n) is 10.4. The summed E-state index contributed by atoms with van der Waals surface area (Å²) in [5.74, 6) is 2.00. The Morgan fingerprint density at radius 3 is 2.28 bits per heavy atom. The van der Waals surface area contributed by atoms with Crippen molar-refractivity contribution < 1.29 is 4.74 Å². The third-order valence-electron chi connectivity index (χ3n) is 7.69. The highest BCUT2D eigenvalue weighted by molar-refractivity contribution is 5.78. The van der Waals surface area contributed by atoms with E-state index in [2.05, 4.69) is 70.2 Å². The summed E-state index contributed by atoms with van der Waals surface area (Å²) in [5.41, 5.74) is 3.75. The summed E-state index contributed by atoms with van der Waals surface area (Å²) in [4.78, 5) is 7.60. The predicted octanol–water partition coefficient (Wildman–Crippen LogP) is 7.30. The van der Waals surface area contributed by atoms with E-state index in [-0.39, 0.29) is 0 Å². The second kappa shape index (κ2) is 14.3. The van der Waals surface area contributed by atoms with Gasteiger partial charge in [0.1, 0.15) is 5.75 Å². The number of aromatic nitrogens is 2. The summed E-state index contributed by atoms with van der Waals surface area (Å²) in [6, 6.07) is 17.6. The second-order valence-corrected chi connectivity index (χ2v) is 10.4. The van der Waals surface area contributed by atoms with Crippen LogP contribution in [0.5, 0.6) is 5.75 Å². The fourth-order valence-corrected chi connectivity index (χ4v) is 5.38. The quantitative estimate of drug-likeness (QED) is 0.227. The van der Waals surface area contributed by atoms with Crippen molar-refractivity contribution >= 4 is 17.0 Å². The van der Waals surface area contributed by atoms with E-state index in [4.69, 9.17) is 9.72 Å². The van der Waals surface area contributed by atoms with E-state index in [1.807, 2.05) is 0 Å². The molecule has 0 spiro atoms. The average Bonchev–Trinajstić information content (AvgIpc) is 3.27. The van der Waals surface area contributed by atoms with Crippen molar-refractivity contribution in [3.8, 4) is 5.75 Å². The van der Waals surface area contributed by atoms with Crippen LogP contribution in [0.2, 0.25) is 0 Å². The SMILES string of the molecule is CCCCCCCCCCn1c(NC2CCN(CCc3ccc(OC)cc3)CC2)nc2ccccc21. The molecule has 36 heavy (non-hydrogen) atoms. The first kappa shape index (κ1) is 26.5. The Kier molecular flexibility index (Phi) is 10.5. The van der Waals surface area contributed by atoms with Gasteiger partial charge in [0.25, 0.3) is 0 Å². The van der Waals surface area contributed by atoms with Crippen molar-refractivity contribution in [2.45, 2.75) is 90.1 Å². The maximum absolute atomic E-state index is 5.28. The molecule has 0 bridgehead atoms. The van der Waals surface area contributed by atoms with Crippen LogP contribution in [0.25, 0.3) is 11.0 Å². The number of methoxy groups -OCH3 is 1. The summed E-state index contributed by atoms with van der Waals surface area (Å²) in [6.45, 7) is 6.75. The van der Waals surface area contributed by atoms with E-state index in [1.54, 1.807) is 7.11 Å². The van der Waals surface area contributed by atoms with Gasteiger partial charge in [-0.25, -0.2) is 4.98 Å². The molecule has 0 amide bonds. The number of aryl methyl sites for hydroxylation is 1. The Labute approximate surface area is 218 Å². The minimum absolute atomic E-state index is 0.497. The fraction of sp³-hybridized carbons (Fsp3) is 0.581. The molecule has 1 N–H and O–H groups in total. The molecule has 0 radical (unpaired) electrons. The number of unbranched alkanes of at least 4 members (excludes halogenated alkanes) is 7. The van der Waals surface area contributed by atoms with Crippen molar-refractivity contribution in [1.82, 2.24) is 14.5 Å². The summed E-state index contributed by atoms with van der Waals surface area (Å²) >= 11 is 0. The van der Waals surface area contributed by atoms with Gasteiger partial charge in [0.2, 0.25) is 5.95 Å². The molecule has 5 nitrogen and oxygen atoms in total. The zero-order chi connectivity index (χ0) is 25.0. The molecule has 1 aliphatic rings. The van der Waals surface area contributed by atoms with Crippen LogP contribution in [0.15, 0.2) is 48.5 Å². The Morgan fingerprint density at radius 1 is 0.861 bits per heavy atom. The van der Waals surface area contributed by atoms with Gasteiger partial charge in [-0.3, -0.25) is 0 Å². The van der Waals surface area contributed by atoms with Gasteiger partial charge in [-0.15, -0.1) is 0 Å². The summed E-state index contributed by atoms with van der Waals surface area (Å²) in [6.07, 6.45) is 14.2. The third kappa shape index (κ3) is 7.73. The first-order valence-electron chi connectivity index (χ1n) is 14.3. The maximum atomic E-state index is 5.28. The summed E-state index contributed by atoms with van der Waals surface area (Å²) in [5, 5.41) is 3.83. The Balaban J connectivity index is 1.24. The molecule has 0 aliphatic carbocycles. The molecule has 4 rings (SSSR count). The lowest BCUT2D eigenvalue weighted by Gasteiger charge is -2.32. The monoisotopic (exact) mass is 490 g/mol. The molecule has 1 saturated heterocycles. The van der Waals surface area contributed by atoms with E-state index >= 15 is 0 Å². The molecule has 2 aromatic carbocycles. The summed E-state index contributed by atoms with van der Waals surface area (Å²) in [7, 11) is 1.72. The molecular weight excluding hydrogens is 444 g/mol. The lowest BCUT2D eigenvalue weighted by atomic mass is 10.0. The van der Waals surface area contributed by atoms with Gasteiger partial charge in [-0.2, -0.15) is 0 Å². The number of para-hydroxylation sites is 2. The van der Waals surface area contributed by atoms with Crippen LogP contribution in [0.3, 0.4) is 0 Å². The maximum Gasteiger partial charge on any atom is 0.204 e. The van der Waals surface area contributed by atoms with Crippen molar-refractivity contribution in [2.75, 3.05) is 32.1 Å². The molecule has 2 heterocycles. The average molecular weight is 491 g/mol. The first-order chi connectivity index (χ1) is 17.8. The van der Waals surface area contributed by atoms with Gasteiger partial charge in [0.05, 0.1) is 18.1 Å². The van der Waals surface area contributed by atoms with Gasteiger partial charge >= 0.3 is 0 Å². The predicted molar refractivity (Wildman–Crippen MR) is 152 cm³/mol. The van der Waals surface area contributed by atoms with Crippen molar-refractivity contribution in [2.24, 2.45) is 0 Å². The minimum atomic E-state index is 0.497. The zero-order valence-corrected chi connectivity index (χ0v) is 22.6. The highest BCUT2D eigenvalue weighted by Gasteiger charge is 2.21. The van der Waals surface area contributed by atoms with Gasteiger partial charge in [0.15, 0.2) is 0 Å². The van der Waals surface area contributed by atoms with E-state index < -0.39 is 0 Å². The Hall–Kier alpha value is -2.53. The number of benzene rings is 2. The number of nitrogens with one attached hydrogen (secondary N) is 1. The molecule has 0 unspecified atom stereocenters. The van der Waals surface area contributed by atoms with Crippen molar-refractivity contribution in [3.63, 3.8) is 0 Å². The third-order valence-corrected chi connectivity index (χ3v) is 7.69. The lowest BCUT2D eigenvalue weighted by Crippen LogP contribution is -2.40. The van der Waals surface area contributed by atoms with Gasteiger partial charge in [-0.1, -0.05) is 76.1 Å². The number of piperidine rings is 1. The zero-order valence-electron chi connectivity index (χ0n) is 22.6. The van der Waals surface area contributed by atoms with E-state index in [0.29, 0.717) is 6.04 Å². The van der Waals surface area contributed by atoms with Gasteiger partial charge < -0.3 is 19.5 Å². The molecule has 1 aromatic heterocycles. The molecule has 0 saturated carbocycles. The standard InChI is InChI=1S/C31H46N4O/c1-3-4-5-6-7-8-9-12-22-35-30-14-11-10-13-29(30)33-31(35)32-27-20-24-34(25-21-27)23-19-26-15-17-28(36-2)18-16-26/h10-11,13-18,27H,3-9,12,19-25H2,1-2H3,(H,32,33). The van der Waals surface area contributed by atoms with Crippen LogP contribution in [0.4, 0.5) is 5.95 Å². The number of hydrogen-bond donors (Lipinski definition) is 1. The van der Waals surface area contributed by atoms with Crippen molar-refractivity contribution in [1.29, 1.82) is 0 Å². The van der Waals surface area contributed by atoms with Crippen LogP contribution in [-0.4, -0.2) is 47.2 Å².